The fourth-order valence-corrected chi connectivity index (χ4v) is 2.71. The van der Waals surface area contributed by atoms with Crippen molar-refractivity contribution in [2.45, 2.75) is 4.90 Å². The summed E-state index contributed by atoms with van der Waals surface area (Å²) in [5, 5.41) is 2.94. The first-order valence-electron chi connectivity index (χ1n) is 6.29. The van der Waals surface area contributed by atoms with E-state index >= 15 is 0 Å². The van der Waals surface area contributed by atoms with Gasteiger partial charge in [0.1, 0.15) is 0 Å². The zero-order chi connectivity index (χ0) is 15.2. The van der Waals surface area contributed by atoms with Crippen LogP contribution in [-0.4, -0.2) is 64.3 Å². The lowest BCUT2D eigenvalue weighted by Crippen LogP contribution is -2.41. The molecule has 0 aliphatic rings. The van der Waals surface area contributed by atoms with Crippen molar-refractivity contribution < 1.29 is 13.2 Å². The molecule has 1 amide bonds. The Labute approximate surface area is 132 Å². The molecule has 1 N–H and O–H groups in total. The molecule has 0 saturated heterocycles. The second kappa shape index (κ2) is 8.99. The lowest BCUT2D eigenvalue weighted by Gasteiger charge is -2.21. The van der Waals surface area contributed by atoms with Crippen LogP contribution in [0.4, 0.5) is 0 Å². The van der Waals surface area contributed by atoms with Gasteiger partial charge in [-0.3, -0.25) is 4.79 Å². The van der Waals surface area contributed by atoms with Crippen molar-refractivity contribution in [1.82, 2.24) is 14.5 Å². The summed E-state index contributed by atoms with van der Waals surface area (Å²) in [6.45, 7) is 1.03. The maximum atomic E-state index is 12.2. The van der Waals surface area contributed by atoms with Gasteiger partial charge in [-0.15, -0.1) is 12.4 Å². The first-order valence-corrected chi connectivity index (χ1v) is 7.73. The molecule has 1 rings (SSSR count). The third-order valence-electron chi connectivity index (χ3n) is 2.93. The molecule has 0 aliphatic heterocycles. The van der Waals surface area contributed by atoms with E-state index in [0.29, 0.717) is 13.1 Å². The van der Waals surface area contributed by atoms with Crippen LogP contribution < -0.4 is 5.32 Å². The maximum absolute atomic E-state index is 12.2. The van der Waals surface area contributed by atoms with Gasteiger partial charge in [-0.2, -0.15) is 4.31 Å². The van der Waals surface area contributed by atoms with Crippen LogP contribution in [-0.2, 0) is 14.8 Å². The van der Waals surface area contributed by atoms with E-state index in [1.165, 1.54) is 24.1 Å². The van der Waals surface area contributed by atoms with E-state index in [9.17, 15) is 13.2 Å². The summed E-state index contributed by atoms with van der Waals surface area (Å²) < 4.78 is 25.6. The Balaban J connectivity index is 0.00000400. The summed E-state index contributed by atoms with van der Waals surface area (Å²) in [6, 6.07) is 8.08. The van der Waals surface area contributed by atoms with Crippen LogP contribution in [0, 0.1) is 0 Å². The highest BCUT2D eigenvalue weighted by molar-refractivity contribution is 7.89. The topological polar surface area (TPSA) is 69.7 Å². The number of amides is 1. The molecule has 0 spiro atoms. The first-order chi connectivity index (χ1) is 9.39. The second-order valence-corrected chi connectivity index (χ2v) is 6.54. The summed E-state index contributed by atoms with van der Waals surface area (Å²) in [7, 11) is 1.24. The van der Waals surface area contributed by atoms with Crippen molar-refractivity contribution in [1.29, 1.82) is 0 Å². The molecule has 1 aromatic rings. The average molecular weight is 336 g/mol. The molecule has 6 nitrogen and oxygen atoms in total. The minimum Gasteiger partial charge on any atom is -0.343 e. The van der Waals surface area contributed by atoms with Gasteiger partial charge in [0.2, 0.25) is 15.9 Å². The third kappa shape index (κ3) is 5.62. The van der Waals surface area contributed by atoms with Crippen molar-refractivity contribution in [3.8, 4) is 0 Å². The van der Waals surface area contributed by atoms with Crippen molar-refractivity contribution in [3.05, 3.63) is 30.3 Å². The molecule has 0 saturated carbocycles. The number of rotatable bonds is 7. The molecular weight excluding hydrogens is 314 g/mol. The molecule has 0 aliphatic carbocycles. The van der Waals surface area contributed by atoms with E-state index in [0.717, 1.165) is 4.31 Å². The summed E-state index contributed by atoms with van der Waals surface area (Å²) in [6.07, 6.45) is 0. The van der Waals surface area contributed by atoms with Crippen molar-refractivity contribution in [2.75, 3.05) is 40.8 Å². The molecule has 0 fully saturated rings. The van der Waals surface area contributed by atoms with Gasteiger partial charge in [0.05, 0.1) is 11.4 Å². The highest BCUT2D eigenvalue weighted by Gasteiger charge is 2.23. The molecule has 21 heavy (non-hydrogen) atoms. The highest BCUT2D eigenvalue weighted by atomic mass is 35.5. The van der Waals surface area contributed by atoms with Gasteiger partial charge in [-0.05, 0) is 19.2 Å². The van der Waals surface area contributed by atoms with Crippen molar-refractivity contribution in [2.24, 2.45) is 0 Å². The van der Waals surface area contributed by atoms with Crippen LogP contribution in [0.5, 0.6) is 0 Å². The molecule has 120 valence electrons. The Morgan fingerprint density at radius 1 is 1.19 bits per heavy atom. The Kier molecular flexibility index (Phi) is 8.50. The van der Waals surface area contributed by atoms with E-state index in [-0.39, 0.29) is 29.8 Å². The van der Waals surface area contributed by atoms with E-state index < -0.39 is 10.0 Å². The summed E-state index contributed by atoms with van der Waals surface area (Å²) in [5.74, 6) is -0.234. The number of sulfonamides is 1. The SMILES string of the molecule is CNCCN(C)C(=O)CN(C)S(=O)(=O)c1ccccc1.Cl. The number of halogens is 1. The fraction of sp³-hybridized carbons (Fsp3) is 0.462. The summed E-state index contributed by atoms with van der Waals surface area (Å²) in [4.78, 5) is 13.6. The van der Waals surface area contributed by atoms with Gasteiger partial charge < -0.3 is 10.2 Å². The monoisotopic (exact) mass is 335 g/mol. The minimum absolute atomic E-state index is 0. The van der Waals surface area contributed by atoms with Crippen LogP contribution in [0.15, 0.2) is 35.2 Å². The molecule has 1 aromatic carbocycles. The standard InChI is InChI=1S/C13H21N3O3S.ClH/c1-14-9-10-15(2)13(17)11-16(3)20(18,19)12-7-5-4-6-8-12;/h4-8,14H,9-11H2,1-3H3;1H. The van der Waals surface area contributed by atoms with Crippen LogP contribution in [0.25, 0.3) is 0 Å². The zero-order valence-corrected chi connectivity index (χ0v) is 14.1. The zero-order valence-electron chi connectivity index (χ0n) is 12.4. The largest absolute Gasteiger partial charge is 0.343 e. The number of benzene rings is 1. The Hall–Kier alpha value is -1.15. The Bertz CT molecular complexity index is 537. The molecule has 0 atom stereocenters. The Morgan fingerprint density at radius 2 is 1.76 bits per heavy atom. The molecule has 8 heteroatoms. The van der Waals surface area contributed by atoms with E-state index in [1.54, 1.807) is 32.3 Å². The number of nitrogens with zero attached hydrogens (tertiary/aromatic N) is 2. The maximum Gasteiger partial charge on any atom is 0.243 e. The van der Waals surface area contributed by atoms with Gasteiger partial charge in [0.25, 0.3) is 0 Å². The molecule has 0 radical (unpaired) electrons. The molecular formula is C13H22ClN3O3S. The van der Waals surface area contributed by atoms with Crippen LogP contribution in [0.2, 0.25) is 0 Å². The van der Waals surface area contributed by atoms with Crippen molar-refractivity contribution >= 4 is 28.3 Å². The predicted octanol–water partition coefficient (Wildman–Crippen LogP) is 0.407. The number of likely N-dealkylation sites (N-methyl/N-ethyl adjacent to an activating group) is 3. The number of hydrogen-bond acceptors (Lipinski definition) is 4. The lowest BCUT2D eigenvalue weighted by atomic mass is 10.4. The smallest absolute Gasteiger partial charge is 0.243 e. The van der Waals surface area contributed by atoms with E-state index in [2.05, 4.69) is 5.32 Å². The van der Waals surface area contributed by atoms with Gasteiger partial charge in [0, 0.05) is 27.2 Å². The van der Waals surface area contributed by atoms with Crippen LogP contribution in [0.3, 0.4) is 0 Å². The minimum atomic E-state index is -3.62. The van der Waals surface area contributed by atoms with Gasteiger partial charge in [-0.1, -0.05) is 18.2 Å². The first kappa shape index (κ1) is 19.9. The van der Waals surface area contributed by atoms with Gasteiger partial charge in [0.15, 0.2) is 0 Å². The summed E-state index contributed by atoms with van der Waals surface area (Å²) >= 11 is 0. The number of nitrogens with one attached hydrogen (secondary N) is 1. The molecule has 0 aromatic heterocycles. The fourth-order valence-electron chi connectivity index (χ4n) is 1.57. The molecule has 0 heterocycles. The van der Waals surface area contributed by atoms with Gasteiger partial charge in [-0.25, -0.2) is 8.42 Å². The predicted molar refractivity (Wildman–Crippen MR) is 85.1 cm³/mol. The van der Waals surface area contributed by atoms with E-state index in [1.807, 2.05) is 0 Å². The number of carbonyl (C=O) groups is 1. The van der Waals surface area contributed by atoms with Crippen LogP contribution in [0.1, 0.15) is 0 Å². The average Bonchev–Trinajstić information content (AvgIpc) is 2.45. The van der Waals surface area contributed by atoms with Crippen LogP contribution >= 0.6 is 12.4 Å². The third-order valence-corrected chi connectivity index (χ3v) is 4.75. The summed E-state index contributed by atoms with van der Waals surface area (Å²) in [5.41, 5.74) is 0. The van der Waals surface area contributed by atoms with Crippen molar-refractivity contribution in [3.63, 3.8) is 0 Å². The Morgan fingerprint density at radius 3 is 2.29 bits per heavy atom. The van der Waals surface area contributed by atoms with Gasteiger partial charge >= 0.3 is 0 Å². The number of carbonyl (C=O) groups excluding carboxylic acids is 1. The molecule has 0 bridgehead atoms. The molecule has 0 unspecified atom stereocenters. The number of hydrogen-bond donors (Lipinski definition) is 1. The van der Waals surface area contributed by atoms with E-state index in [4.69, 9.17) is 0 Å². The normalized spacial score (nSPS) is 11.0. The second-order valence-electron chi connectivity index (χ2n) is 4.49. The highest BCUT2D eigenvalue weighted by Crippen LogP contribution is 2.13. The quantitative estimate of drug-likeness (QED) is 0.783. The lowest BCUT2D eigenvalue weighted by molar-refractivity contribution is -0.129.